The molecular weight excluding hydrogens is 376 g/mol. The van der Waals surface area contributed by atoms with Gasteiger partial charge in [0.05, 0.1) is 6.10 Å². The highest BCUT2D eigenvalue weighted by Gasteiger charge is 2.67. The second kappa shape index (κ2) is 6.52. The van der Waals surface area contributed by atoms with Crippen molar-refractivity contribution in [1.29, 1.82) is 0 Å². The molecule has 0 amide bonds. The van der Waals surface area contributed by atoms with Gasteiger partial charge in [-0.2, -0.15) is 0 Å². The van der Waals surface area contributed by atoms with Gasteiger partial charge in [-0.05, 0) is 109 Å². The van der Waals surface area contributed by atoms with Crippen LogP contribution in [0.15, 0.2) is 23.8 Å². The number of aliphatic hydroxyl groups excluding tert-OH is 1. The minimum atomic E-state index is -0.135. The van der Waals surface area contributed by atoms with Gasteiger partial charge < -0.3 is 5.11 Å². The van der Waals surface area contributed by atoms with Crippen LogP contribution in [0.25, 0.3) is 0 Å². The molecule has 9 atom stereocenters. The maximum Gasteiger partial charge on any atom is 0.0594 e. The molecule has 174 valence electrons. The molecular formula is C30H48O. The third-order valence-electron chi connectivity index (χ3n) is 12.9. The standard InChI is InChI=1S/C30H48O/c1-19-11-14-27(5)17-18-29(7)21(25(27)20(19)2)9-10-23-28(6)15-13-24(31)26(3,4)22(28)12-16-30(23,29)8/h9,20,22-25,31H,1,10-18H2,2-8H3/t20-,22?,23+,24-,25-,27+,28-,29+,30+/m0/s1. The lowest BCUT2D eigenvalue weighted by Crippen LogP contribution is -2.64. The lowest BCUT2D eigenvalue weighted by atomic mass is 9.33. The van der Waals surface area contributed by atoms with Crippen molar-refractivity contribution in [2.24, 2.45) is 50.7 Å². The summed E-state index contributed by atoms with van der Waals surface area (Å²) in [5.41, 5.74) is 4.88. The minimum absolute atomic E-state index is 0.0417. The third-order valence-corrected chi connectivity index (χ3v) is 12.9. The maximum atomic E-state index is 10.9. The Kier molecular flexibility index (Phi) is 4.68. The first-order valence-electron chi connectivity index (χ1n) is 13.4. The normalized spacial score (nSPS) is 55.9. The van der Waals surface area contributed by atoms with Crippen LogP contribution in [0.5, 0.6) is 0 Å². The van der Waals surface area contributed by atoms with Gasteiger partial charge in [-0.15, -0.1) is 0 Å². The first kappa shape index (κ1) is 22.2. The molecule has 0 aromatic heterocycles. The molecule has 4 saturated carbocycles. The van der Waals surface area contributed by atoms with Crippen LogP contribution >= 0.6 is 0 Å². The average Bonchev–Trinajstić information content (AvgIpc) is 2.69. The Morgan fingerprint density at radius 2 is 1.61 bits per heavy atom. The van der Waals surface area contributed by atoms with E-state index in [4.69, 9.17) is 0 Å². The number of rotatable bonds is 0. The van der Waals surface area contributed by atoms with Crippen LogP contribution in [0.1, 0.15) is 106 Å². The number of hydrogen-bond acceptors (Lipinski definition) is 1. The van der Waals surface area contributed by atoms with E-state index in [1.807, 2.05) is 5.57 Å². The minimum Gasteiger partial charge on any atom is -0.393 e. The van der Waals surface area contributed by atoms with E-state index in [0.717, 1.165) is 12.3 Å². The molecule has 4 fully saturated rings. The zero-order chi connectivity index (χ0) is 22.6. The topological polar surface area (TPSA) is 20.2 Å². The van der Waals surface area contributed by atoms with E-state index >= 15 is 0 Å². The van der Waals surface area contributed by atoms with Crippen molar-refractivity contribution in [2.75, 3.05) is 0 Å². The van der Waals surface area contributed by atoms with E-state index in [9.17, 15) is 5.11 Å². The van der Waals surface area contributed by atoms with Gasteiger partial charge in [0.1, 0.15) is 0 Å². The van der Waals surface area contributed by atoms with Gasteiger partial charge in [0.25, 0.3) is 0 Å². The Labute approximate surface area is 192 Å². The summed E-state index contributed by atoms with van der Waals surface area (Å²) in [6.07, 6.45) is 14.0. The average molecular weight is 425 g/mol. The highest BCUT2D eigenvalue weighted by atomic mass is 16.3. The van der Waals surface area contributed by atoms with Crippen LogP contribution in [0.4, 0.5) is 0 Å². The number of hydrogen-bond donors (Lipinski definition) is 1. The summed E-state index contributed by atoms with van der Waals surface area (Å²) in [4.78, 5) is 0. The first-order chi connectivity index (χ1) is 14.3. The summed E-state index contributed by atoms with van der Waals surface area (Å²) in [6.45, 7) is 22.3. The molecule has 0 radical (unpaired) electrons. The van der Waals surface area contributed by atoms with Gasteiger partial charge >= 0.3 is 0 Å². The molecule has 1 heteroatoms. The van der Waals surface area contributed by atoms with Crippen LogP contribution in [0, 0.1) is 50.7 Å². The molecule has 5 aliphatic rings. The van der Waals surface area contributed by atoms with Crippen LogP contribution in [-0.4, -0.2) is 11.2 Å². The molecule has 0 saturated heterocycles. The SMILES string of the molecule is C=C1CC[C@]2(C)CC[C@]3(C)C(=CC[C@@H]4[C@@]5(C)CC[C@H](O)C(C)(C)C5CC[C@]43C)[C@@H]2[C@H]1C. The van der Waals surface area contributed by atoms with E-state index in [2.05, 4.69) is 61.1 Å². The van der Waals surface area contributed by atoms with Crippen LogP contribution in [0.3, 0.4) is 0 Å². The second-order valence-electron chi connectivity index (χ2n) is 14.2. The van der Waals surface area contributed by atoms with Crippen molar-refractivity contribution in [3.63, 3.8) is 0 Å². The van der Waals surface area contributed by atoms with Gasteiger partial charge in [0.2, 0.25) is 0 Å². The molecule has 1 N–H and O–H groups in total. The summed E-state index contributed by atoms with van der Waals surface area (Å²) in [5, 5.41) is 10.9. The Morgan fingerprint density at radius 1 is 0.903 bits per heavy atom. The molecule has 5 rings (SSSR count). The van der Waals surface area contributed by atoms with E-state index < -0.39 is 0 Å². The van der Waals surface area contributed by atoms with Gasteiger partial charge in [0.15, 0.2) is 0 Å². The van der Waals surface area contributed by atoms with Gasteiger partial charge in [-0.1, -0.05) is 72.3 Å². The number of aliphatic hydroxyl groups is 1. The lowest BCUT2D eigenvalue weighted by Gasteiger charge is -2.71. The van der Waals surface area contributed by atoms with E-state index in [0.29, 0.717) is 39.4 Å². The molecule has 1 unspecified atom stereocenters. The Bertz CT molecular complexity index is 820. The predicted octanol–water partition coefficient (Wildman–Crippen LogP) is 7.94. The Morgan fingerprint density at radius 3 is 2.32 bits per heavy atom. The summed E-state index contributed by atoms with van der Waals surface area (Å²) in [7, 11) is 0. The van der Waals surface area contributed by atoms with Crippen LogP contribution < -0.4 is 0 Å². The Balaban J connectivity index is 1.60. The predicted molar refractivity (Wildman–Crippen MR) is 131 cm³/mol. The molecule has 31 heavy (non-hydrogen) atoms. The fraction of sp³-hybridized carbons (Fsp3) is 0.867. The highest BCUT2D eigenvalue weighted by Crippen LogP contribution is 2.75. The quantitative estimate of drug-likeness (QED) is 0.391. The molecule has 0 aliphatic heterocycles. The summed E-state index contributed by atoms with van der Waals surface area (Å²) >= 11 is 0. The van der Waals surface area contributed by atoms with Gasteiger partial charge in [-0.25, -0.2) is 0 Å². The highest BCUT2D eigenvalue weighted by molar-refractivity contribution is 5.35. The number of allylic oxidation sites excluding steroid dienone is 3. The van der Waals surface area contributed by atoms with Crippen molar-refractivity contribution < 1.29 is 5.11 Å². The van der Waals surface area contributed by atoms with Gasteiger partial charge in [-0.3, -0.25) is 0 Å². The van der Waals surface area contributed by atoms with Crippen molar-refractivity contribution in [3.8, 4) is 0 Å². The van der Waals surface area contributed by atoms with Crippen LogP contribution in [-0.2, 0) is 0 Å². The molecule has 1 nitrogen and oxygen atoms in total. The van der Waals surface area contributed by atoms with E-state index in [1.165, 1.54) is 56.9 Å². The fourth-order valence-electron chi connectivity index (χ4n) is 10.6. The van der Waals surface area contributed by atoms with Crippen molar-refractivity contribution in [3.05, 3.63) is 23.8 Å². The van der Waals surface area contributed by atoms with Gasteiger partial charge in [0, 0.05) is 0 Å². The molecule has 5 aliphatic carbocycles. The zero-order valence-corrected chi connectivity index (χ0v) is 21.5. The molecule has 0 bridgehead atoms. The van der Waals surface area contributed by atoms with E-state index in [-0.39, 0.29) is 11.5 Å². The second-order valence-corrected chi connectivity index (χ2v) is 14.2. The summed E-state index contributed by atoms with van der Waals surface area (Å²) < 4.78 is 0. The molecule has 0 aromatic rings. The summed E-state index contributed by atoms with van der Waals surface area (Å²) in [5.74, 6) is 2.70. The van der Waals surface area contributed by atoms with E-state index in [1.54, 1.807) is 0 Å². The lowest BCUT2D eigenvalue weighted by molar-refractivity contribution is -0.202. The fourth-order valence-corrected chi connectivity index (χ4v) is 10.6. The zero-order valence-electron chi connectivity index (χ0n) is 21.5. The largest absolute Gasteiger partial charge is 0.393 e. The Hall–Kier alpha value is -0.560. The third kappa shape index (κ3) is 2.59. The monoisotopic (exact) mass is 424 g/mol. The molecule has 0 heterocycles. The molecule has 0 aromatic carbocycles. The molecule has 0 spiro atoms. The maximum absolute atomic E-state index is 10.9. The van der Waals surface area contributed by atoms with Crippen molar-refractivity contribution >= 4 is 0 Å². The van der Waals surface area contributed by atoms with Crippen molar-refractivity contribution in [1.82, 2.24) is 0 Å². The summed E-state index contributed by atoms with van der Waals surface area (Å²) in [6, 6.07) is 0. The number of fused-ring (bicyclic) bond motifs is 7. The van der Waals surface area contributed by atoms with Crippen LogP contribution in [0.2, 0.25) is 0 Å². The first-order valence-corrected chi connectivity index (χ1v) is 13.4. The smallest absolute Gasteiger partial charge is 0.0594 e. The van der Waals surface area contributed by atoms with Crippen molar-refractivity contribution in [2.45, 2.75) is 112 Å².